The molecule has 34 heavy (non-hydrogen) atoms. The van der Waals surface area contributed by atoms with Crippen LogP contribution in [0.1, 0.15) is 33.9 Å². The number of hydrogen-bond acceptors (Lipinski definition) is 6. The molecule has 176 valence electrons. The predicted octanol–water partition coefficient (Wildman–Crippen LogP) is 1.83. The second kappa shape index (κ2) is 11.9. The summed E-state index contributed by atoms with van der Waals surface area (Å²) in [5.41, 5.74) is 1.44. The average Bonchev–Trinajstić information content (AvgIpc) is 2.83. The van der Waals surface area contributed by atoms with Gasteiger partial charge in [-0.25, -0.2) is 4.39 Å². The number of aromatic nitrogens is 1. The molecule has 2 aromatic carbocycles. The van der Waals surface area contributed by atoms with Crippen LogP contribution in [0.4, 0.5) is 4.39 Å². The minimum atomic E-state index is -1.87. The van der Waals surface area contributed by atoms with Crippen LogP contribution in [0.15, 0.2) is 73.1 Å². The van der Waals surface area contributed by atoms with E-state index in [9.17, 15) is 24.0 Å². The van der Waals surface area contributed by atoms with E-state index in [0.717, 1.165) is 0 Å². The number of methoxy groups -OCH3 is 1. The van der Waals surface area contributed by atoms with Crippen LogP contribution in [0.2, 0.25) is 0 Å². The molecular formula is C24H25BFN3O5. The van der Waals surface area contributed by atoms with Gasteiger partial charge in [-0.3, -0.25) is 14.6 Å². The Morgan fingerprint density at radius 1 is 1.09 bits per heavy atom. The quantitative estimate of drug-likeness (QED) is 0.339. The van der Waals surface area contributed by atoms with Crippen LogP contribution < -0.4 is 15.4 Å². The largest absolute Gasteiger partial charge is 0.497 e. The second-order valence-electron chi connectivity index (χ2n) is 7.67. The summed E-state index contributed by atoms with van der Waals surface area (Å²) in [5, 5.41) is 24.9. The van der Waals surface area contributed by atoms with Crippen LogP contribution in [-0.4, -0.2) is 47.0 Å². The van der Waals surface area contributed by atoms with Gasteiger partial charge in [-0.05, 0) is 53.9 Å². The van der Waals surface area contributed by atoms with Crippen molar-refractivity contribution in [2.24, 2.45) is 0 Å². The van der Waals surface area contributed by atoms with Crippen LogP contribution in [0, 0.1) is 5.82 Å². The number of carbonyl (C=O) groups is 2. The first-order valence-electron chi connectivity index (χ1n) is 10.6. The third kappa shape index (κ3) is 7.13. The van der Waals surface area contributed by atoms with E-state index in [2.05, 4.69) is 15.6 Å². The maximum absolute atomic E-state index is 13.5. The SMILES string of the molecule is COc1cccc(C(CC(=O)NC(Cc2cccc(F)c2)B(O)O)NC(=O)c2cccnc2)c1. The molecule has 0 saturated heterocycles. The van der Waals surface area contributed by atoms with E-state index >= 15 is 0 Å². The highest BCUT2D eigenvalue weighted by molar-refractivity contribution is 6.43. The molecule has 0 aliphatic carbocycles. The monoisotopic (exact) mass is 465 g/mol. The molecule has 0 aliphatic heterocycles. The maximum Gasteiger partial charge on any atom is 0.475 e. The molecular weight excluding hydrogens is 440 g/mol. The Balaban J connectivity index is 1.76. The van der Waals surface area contributed by atoms with Crippen molar-refractivity contribution in [1.82, 2.24) is 15.6 Å². The van der Waals surface area contributed by atoms with E-state index in [1.807, 2.05) is 0 Å². The topological polar surface area (TPSA) is 121 Å². The van der Waals surface area contributed by atoms with Gasteiger partial charge in [0.1, 0.15) is 11.6 Å². The average molecular weight is 465 g/mol. The number of hydrogen-bond donors (Lipinski definition) is 4. The molecule has 0 bridgehead atoms. The van der Waals surface area contributed by atoms with E-state index < -0.39 is 36.7 Å². The van der Waals surface area contributed by atoms with Crippen molar-refractivity contribution in [1.29, 1.82) is 0 Å². The summed E-state index contributed by atoms with van der Waals surface area (Å²) in [4.78, 5) is 29.5. The lowest BCUT2D eigenvalue weighted by Crippen LogP contribution is -2.48. The number of nitrogens with zero attached hydrogens (tertiary/aromatic N) is 1. The summed E-state index contributed by atoms with van der Waals surface area (Å²) in [7, 11) is -0.359. The summed E-state index contributed by atoms with van der Waals surface area (Å²) in [6.45, 7) is 0. The smallest absolute Gasteiger partial charge is 0.475 e. The van der Waals surface area contributed by atoms with Crippen molar-refractivity contribution in [3.05, 3.63) is 95.6 Å². The Labute approximate surface area is 197 Å². The number of rotatable bonds is 10. The van der Waals surface area contributed by atoms with Gasteiger partial charge in [-0.15, -0.1) is 0 Å². The molecule has 2 unspecified atom stereocenters. The van der Waals surface area contributed by atoms with Crippen LogP contribution >= 0.6 is 0 Å². The Bertz CT molecular complexity index is 1120. The zero-order chi connectivity index (χ0) is 24.5. The Morgan fingerprint density at radius 2 is 1.88 bits per heavy atom. The zero-order valence-electron chi connectivity index (χ0n) is 18.5. The fourth-order valence-electron chi connectivity index (χ4n) is 3.45. The van der Waals surface area contributed by atoms with Crippen LogP contribution in [-0.2, 0) is 11.2 Å². The Hall–Kier alpha value is -3.76. The highest BCUT2D eigenvalue weighted by Crippen LogP contribution is 2.22. The van der Waals surface area contributed by atoms with E-state index in [-0.39, 0.29) is 12.8 Å². The number of halogens is 1. The lowest BCUT2D eigenvalue weighted by molar-refractivity contribution is -0.122. The van der Waals surface area contributed by atoms with Crippen LogP contribution in [0.3, 0.4) is 0 Å². The molecule has 2 atom stereocenters. The van der Waals surface area contributed by atoms with Gasteiger partial charge >= 0.3 is 7.12 Å². The maximum atomic E-state index is 13.5. The fraction of sp³-hybridized carbons (Fsp3) is 0.208. The molecule has 2 amide bonds. The van der Waals surface area contributed by atoms with Gasteiger partial charge in [0.15, 0.2) is 0 Å². The van der Waals surface area contributed by atoms with Crippen molar-refractivity contribution in [3.63, 3.8) is 0 Å². The van der Waals surface area contributed by atoms with E-state index in [4.69, 9.17) is 4.74 Å². The second-order valence-corrected chi connectivity index (χ2v) is 7.67. The first-order chi connectivity index (χ1) is 16.4. The van der Waals surface area contributed by atoms with Gasteiger partial charge in [-0.1, -0.05) is 24.3 Å². The van der Waals surface area contributed by atoms with E-state index in [1.165, 1.54) is 31.5 Å². The van der Waals surface area contributed by atoms with Crippen molar-refractivity contribution in [2.45, 2.75) is 24.8 Å². The van der Waals surface area contributed by atoms with Gasteiger partial charge in [0.05, 0.1) is 31.1 Å². The van der Waals surface area contributed by atoms with Crippen LogP contribution in [0.5, 0.6) is 5.75 Å². The third-order valence-corrected chi connectivity index (χ3v) is 5.17. The van der Waals surface area contributed by atoms with Crippen LogP contribution in [0.25, 0.3) is 0 Å². The highest BCUT2D eigenvalue weighted by atomic mass is 19.1. The Kier molecular flexibility index (Phi) is 8.72. The summed E-state index contributed by atoms with van der Waals surface area (Å²) in [6, 6.07) is 15.1. The lowest BCUT2D eigenvalue weighted by Gasteiger charge is -2.22. The summed E-state index contributed by atoms with van der Waals surface area (Å²) < 4.78 is 18.7. The number of ether oxygens (including phenoxy) is 1. The molecule has 0 saturated carbocycles. The first-order valence-corrected chi connectivity index (χ1v) is 10.6. The number of pyridine rings is 1. The summed E-state index contributed by atoms with van der Waals surface area (Å²) in [6.07, 6.45) is 2.77. The van der Waals surface area contributed by atoms with Crippen molar-refractivity contribution >= 4 is 18.9 Å². The molecule has 0 aliphatic rings. The van der Waals surface area contributed by atoms with E-state index in [0.29, 0.717) is 22.4 Å². The van der Waals surface area contributed by atoms with Gasteiger partial charge in [-0.2, -0.15) is 0 Å². The zero-order valence-corrected chi connectivity index (χ0v) is 18.5. The minimum Gasteiger partial charge on any atom is -0.497 e. The number of nitrogens with one attached hydrogen (secondary N) is 2. The Morgan fingerprint density at radius 3 is 2.56 bits per heavy atom. The molecule has 0 fully saturated rings. The molecule has 3 aromatic rings. The normalized spacial score (nSPS) is 12.4. The standard InChI is InChI=1S/C24H25BFN3O5/c1-34-20-9-3-6-17(13-20)21(28-24(31)18-7-4-10-27-15-18)14-23(30)29-22(25(32)33)12-16-5-2-8-19(26)11-16/h2-11,13,15,21-22,32-33H,12,14H2,1H3,(H,28,31)(H,29,30). The lowest BCUT2D eigenvalue weighted by atomic mass is 9.75. The predicted molar refractivity (Wildman–Crippen MR) is 124 cm³/mol. The number of carbonyl (C=O) groups excluding carboxylic acids is 2. The molecule has 10 heteroatoms. The van der Waals surface area contributed by atoms with Crippen molar-refractivity contribution < 1.29 is 28.8 Å². The molecule has 1 aromatic heterocycles. The van der Waals surface area contributed by atoms with Crippen molar-refractivity contribution in [3.8, 4) is 5.75 Å². The molecule has 8 nitrogen and oxygen atoms in total. The van der Waals surface area contributed by atoms with Gasteiger partial charge in [0.25, 0.3) is 5.91 Å². The molecule has 3 rings (SSSR count). The molecule has 1 heterocycles. The third-order valence-electron chi connectivity index (χ3n) is 5.17. The summed E-state index contributed by atoms with van der Waals surface area (Å²) >= 11 is 0. The number of amides is 2. The molecule has 0 radical (unpaired) electrons. The van der Waals surface area contributed by atoms with Gasteiger partial charge < -0.3 is 25.4 Å². The van der Waals surface area contributed by atoms with Crippen molar-refractivity contribution in [2.75, 3.05) is 7.11 Å². The summed E-state index contributed by atoms with van der Waals surface area (Å²) in [5.74, 6) is -1.95. The van der Waals surface area contributed by atoms with Gasteiger partial charge in [0, 0.05) is 12.4 Å². The fourth-order valence-corrected chi connectivity index (χ4v) is 3.45. The minimum absolute atomic E-state index is 0.00698. The van der Waals surface area contributed by atoms with Gasteiger partial charge in [0.2, 0.25) is 5.91 Å². The molecule has 0 spiro atoms. The first kappa shape index (κ1) is 24.9. The number of benzene rings is 2. The molecule has 4 N–H and O–H groups in total. The highest BCUT2D eigenvalue weighted by Gasteiger charge is 2.28. The van der Waals surface area contributed by atoms with E-state index in [1.54, 1.807) is 48.7 Å².